The Hall–Kier alpha value is -0.0916. The molecule has 0 bridgehead atoms. The number of rotatable bonds is 0. The first-order valence-corrected chi connectivity index (χ1v) is 6.88. The molecule has 0 atom stereocenters. The first-order valence-electron chi connectivity index (χ1n) is 2.18. The van der Waals surface area contributed by atoms with Crippen molar-refractivity contribution in [3.05, 3.63) is 0 Å². The molecule has 0 aromatic rings. The summed E-state index contributed by atoms with van der Waals surface area (Å²) in [6, 6.07) is 0. The maximum atomic E-state index is 11.3. The normalized spacial score (nSPS) is 10.9. The zero-order chi connectivity index (χ0) is 7.49. The van der Waals surface area contributed by atoms with Crippen LogP contribution >= 0.6 is 0 Å². The van der Waals surface area contributed by atoms with Crippen LogP contribution in [0, 0.1) is 10.6 Å². The van der Waals surface area contributed by atoms with Gasteiger partial charge in [-0.2, -0.15) is 0 Å². The van der Waals surface area contributed by atoms with Crippen molar-refractivity contribution in [1.29, 1.82) is 0 Å². The SMILES string of the molecule is C[As](C)C#CC(F)(F)F. The zero-order valence-corrected chi connectivity index (χ0v) is 6.96. The maximum absolute atomic E-state index is 11.3. The number of hydrogen-bond donors (Lipinski definition) is 0. The van der Waals surface area contributed by atoms with E-state index in [0.29, 0.717) is 0 Å². The number of hydrogen-bond acceptors (Lipinski definition) is 0. The molecule has 0 aliphatic heterocycles. The molecule has 9 heavy (non-hydrogen) atoms. The van der Waals surface area contributed by atoms with Crippen molar-refractivity contribution in [2.75, 3.05) is 0 Å². The molecule has 0 spiro atoms. The molecule has 0 aromatic heterocycles. The van der Waals surface area contributed by atoms with E-state index in [1.54, 1.807) is 11.4 Å². The Morgan fingerprint density at radius 2 is 1.67 bits per heavy atom. The average Bonchev–Trinajstić information content (AvgIpc) is 1.59. The van der Waals surface area contributed by atoms with E-state index >= 15 is 0 Å². The molecule has 0 fully saturated rings. The Kier molecular flexibility index (Phi) is 3.14. The predicted octanol–water partition coefficient (Wildman–Crippen LogP) is 1.85. The third-order valence-electron chi connectivity index (χ3n) is 0.421. The predicted molar refractivity (Wildman–Crippen MR) is 31.3 cm³/mol. The Labute approximate surface area is 56.7 Å². The van der Waals surface area contributed by atoms with Crippen LogP contribution in [0.4, 0.5) is 13.2 Å². The van der Waals surface area contributed by atoms with Gasteiger partial charge in [0.2, 0.25) is 0 Å². The fourth-order valence-electron chi connectivity index (χ4n) is 0.175. The molecule has 0 aliphatic carbocycles. The van der Waals surface area contributed by atoms with Gasteiger partial charge in [-0.3, -0.25) is 0 Å². The van der Waals surface area contributed by atoms with E-state index in [-0.39, 0.29) is 0 Å². The minimum atomic E-state index is -4.29. The van der Waals surface area contributed by atoms with Gasteiger partial charge in [0.25, 0.3) is 0 Å². The molecule has 4 heteroatoms. The molecular formula is C5H6AsF3. The third-order valence-corrected chi connectivity index (χ3v) is 1.59. The topological polar surface area (TPSA) is 0 Å². The van der Waals surface area contributed by atoms with Crippen LogP contribution in [0.2, 0.25) is 11.4 Å². The summed E-state index contributed by atoms with van der Waals surface area (Å²) in [5, 5.41) is 0. The van der Waals surface area contributed by atoms with Gasteiger partial charge < -0.3 is 0 Å². The Morgan fingerprint density at radius 3 is 1.78 bits per heavy atom. The molecule has 0 radical (unpaired) electrons. The standard InChI is InChI=1S/C5H6AsF3/c1-6(2)4-3-5(7,8)9/h1-2H3. The summed E-state index contributed by atoms with van der Waals surface area (Å²) in [6.07, 6.45) is -4.29. The summed E-state index contributed by atoms with van der Waals surface area (Å²) in [5.74, 6) is 1.24. The Bertz CT molecular complexity index is 137. The van der Waals surface area contributed by atoms with Crippen molar-refractivity contribution in [3.63, 3.8) is 0 Å². The van der Waals surface area contributed by atoms with Crippen molar-refractivity contribution in [2.24, 2.45) is 0 Å². The van der Waals surface area contributed by atoms with Gasteiger partial charge in [0.1, 0.15) is 0 Å². The summed E-state index contributed by atoms with van der Waals surface area (Å²) in [6.45, 7) is 0. The quantitative estimate of drug-likeness (QED) is 0.411. The van der Waals surface area contributed by atoms with Crippen molar-refractivity contribution in [1.82, 2.24) is 0 Å². The Balaban J connectivity index is 3.88. The first kappa shape index (κ1) is 8.91. The second-order valence-corrected chi connectivity index (χ2v) is 5.85. The molecule has 0 aliphatic rings. The fraction of sp³-hybridized carbons (Fsp3) is 0.600. The third kappa shape index (κ3) is 7.91. The molecule has 0 unspecified atom stereocenters. The summed E-state index contributed by atoms with van der Waals surface area (Å²) in [5.41, 5.74) is 3.51. The molecule has 0 saturated carbocycles. The molecule has 0 aromatic carbocycles. The molecule has 0 N–H and O–H groups in total. The summed E-state index contributed by atoms with van der Waals surface area (Å²) in [4.78, 5) is 0. The van der Waals surface area contributed by atoms with Crippen molar-refractivity contribution >= 4 is 14.7 Å². The van der Waals surface area contributed by atoms with Crippen LogP contribution in [0.15, 0.2) is 0 Å². The van der Waals surface area contributed by atoms with E-state index in [4.69, 9.17) is 0 Å². The summed E-state index contributed by atoms with van der Waals surface area (Å²) >= 11 is -1.41. The van der Waals surface area contributed by atoms with Crippen LogP contribution in [0.3, 0.4) is 0 Å². The van der Waals surface area contributed by atoms with Gasteiger partial charge in [0, 0.05) is 0 Å². The molecule has 0 amide bonds. The molecular weight excluding hydrogens is 192 g/mol. The summed E-state index contributed by atoms with van der Waals surface area (Å²) in [7, 11) is 0. The van der Waals surface area contributed by atoms with E-state index in [1.165, 1.54) is 5.92 Å². The van der Waals surface area contributed by atoms with Crippen LogP contribution in [-0.4, -0.2) is 20.8 Å². The van der Waals surface area contributed by atoms with Crippen molar-refractivity contribution < 1.29 is 13.2 Å². The van der Waals surface area contributed by atoms with Gasteiger partial charge in [-0.25, -0.2) is 0 Å². The average molecular weight is 198 g/mol. The van der Waals surface area contributed by atoms with Crippen molar-refractivity contribution in [3.8, 4) is 10.6 Å². The molecule has 0 heterocycles. The van der Waals surface area contributed by atoms with Crippen LogP contribution < -0.4 is 0 Å². The van der Waals surface area contributed by atoms with Gasteiger partial charge in [0.15, 0.2) is 0 Å². The minimum absolute atomic E-state index is 1.24. The van der Waals surface area contributed by atoms with Gasteiger partial charge in [-0.15, -0.1) is 0 Å². The number of halogens is 3. The fourth-order valence-corrected chi connectivity index (χ4v) is 0.910. The molecule has 0 rings (SSSR count). The van der Waals surface area contributed by atoms with Gasteiger partial charge >= 0.3 is 56.1 Å². The first-order chi connectivity index (χ1) is 3.92. The van der Waals surface area contributed by atoms with E-state index in [9.17, 15) is 13.2 Å². The van der Waals surface area contributed by atoms with E-state index in [0.717, 1.165) is 0 Å². The van der Waals surface area contributed by atoms with Gasteiger partial charge in [0.05, 0.1) is 0 Å². The van der Waals surface area contributed by atoms with Crippen LogP contribution in [0.25, 0.3) is 0 Å². The number of alkyl halides is 3. The van der Waals surface area contributed by atoms with Crippen LogP contribution in [0.1, 0.15) is 0 Å². The molecule has 52 valence electrons. The van der Waals surface area contributed by atoms with Gasteiger partial charge in [-0.1, -0.05) is 0 Å². The Morgan fingerprint density at radius 1 is 1.22 bits per heavy atom. The van der Waals surface area contributed by atoms with Crippen LogP contribution in [-0.2, 0) is 0 Å². The molecule has 0 saturated heterocycles. The second kappa shape index (κ2) is 3.17. The summed E-state index contributed by atoms with van der Waals surface area (Å²) < 4.78 is 36.0. The molecule has 0 nitrogen and oxygen atoms in total. The van der Waals surface area contributed by atoms with E-state index < -0.39 is 20.8 Å². The van der Waals surface area contributed by atoms with E-state index in [2.05, 4.69) is 4.71 Å². The van der Waals surface area contributed by atoms with Crippen LogP contribution in [0.5, 0.6) is 0 Å². The monoisotopic (exact) mass is 198 g/mol. The zero-order valence-electron chi connectivity index (χ0n) is 5.08. The van der Waals surface area contributed by atoms with E-state index in [1.807, 2.05) is 0 Å². The van der Waals surface area contributed by atoms with Crippen molar-refractivity contribution in [2.45, 2.75) is 17.6 Å². The van der Waals surface area contributed by atoms with Gasteiger partial charge in [-0.05, 0) is 0 Å². The second-order valence-electron chi connectivity index (χ2n) is 1.63.